The molecule has 1 aromatic rings. The molecule has 1 heterocycles. The minimum Gasteiger partial charge on any atom is -0.362 e. The molecule has 0 unspecified atom stereocenters. The molecule has 130 valence electrons. The lowest BCUT2D eigenvalue weighted by Gasteiger charge is -2.39. The summed E-state index contributed by atoms with van der Waals surface area (Å²) < 4.78 is 41.7. The maximum Gasteiger partial charge on any atom is 0.439 e. The van der Waals surface area contributed by atoms with Gasteiger partial charge in [0.2, 0.25) is 0 Å². The minimum absolute atomic E-state index is 0.0306. The molecule has 4 nitrogen and oxygen atoms in total. The van der Waals surface area contributed by atoms with Gasteiger partial charge in [0.15, 0.2) is 0 Å². The summed E-state index contributed by atoms with van der Waals surface area (Å²) in [6.45, 7) is 1.84. The molecule has 0 radical (unpaired) electrons. The maximum atomic E-state index is 13.7. The number of hydrazone groups is 1. The van der Waals surface area contributed by atoms with Gasteiger partial charge in [0, 0.05) is 15.7 Å². The number of carbonyl (C=O) groups is 1. The molecular weight excluding hydrogens is 389 g/mol. The second-order valence-corrected chi connectivity index (χ2v) is 7.29. The Morgan fingerprint density at radius 2 is 2.17 bits per heavy atom. The first kappa shape index (κ1) is 17.4. The second kappa shape index (κ2) is 5.84. The van der Waals surface area contributed by atoms with Gasteiger partial charge >= 0.3 is 6.18 Å². The molecule has 1 saturated carbocycles. The van der Waals surface area contributed by atoms with Crippen LogP contribution in [-0.2, 0) is 0 Å². The van der Waals surface area contributed by atoms with Crippen LogP contribution in [0.25, 0.3) is 0 Å². The molecule has 3 atom stereocenters. The monoisotopic (exact) mass is 404 g/mol. The van der Waals surface area contributed by atoms with Gasteiger partial charge in [-0.2, -0.15) is 23.3 Å². The molecule has 24 heavy (non-hydrogen) atoms. The van der Waals surface area contributed by atoms with E-state index in [1.807, 2.05) is 6.92 Å². The van der Waals surface area contributed by atoms with Crippen molar-refractivity contribution in [1.29, 1.82) is 0 Å². The number of hydrogen-bond donors (Lipinski definition) is 1. The van der Waals surface area contributed by atoms with Crippen LogP contribution in [0.3, 0.4) is 0 Å². The number of hydrogen-bond acceptors (Lipinski definition) is 3. The fourth-order valence-corrected chi connectivity index (χ4v) is 3.75. The summed E-state index contributed by atoms with van der Waals surface area (Å²) in [6, 6.07) is 6.00. The number of halogens is 4. The Hall–Kier alpha value is -1.41. The fraction of sp³-hybridized carbons (Fsp3) is 0.500. The van der Waals surface area contributed by atoms with Gasteiger partial charge in [0.1, 0.15) is 0 Å². The van der Waals surface area contributed by atoms with Crippen molar-refractivity contribution in [2.75, 3.05) is 0 Å². The van der Waals surface area contributed by atoms with E-state index in [1.165, 1.54) is 12.1 Å². The van der Waals surface area contributed by atoms with Crippen LogP contribution in [0.2, 0.25) is 0 Å². The third-order valence-corrected chi connectivity index (χ3v) is 5.15. The average Bonchev–Trinajstić information content (AvgIpc) is 2.80. The van der Waals surface area contributed by atoms with E-state index in [2.05, 4.69) is 21.0 Å². The van der Waals surface area contributed by atoms with E-state index < -0.39 is 23.7 Å². The molecule has 0 spiro atoms. The van der Waals surface area contributed by atoms with Crippen molar-refractivity contribution in [2.24, 2.45) is 16.9 Å². The predicted molar refractivity (Wildman–Crippen MR) is 85.3 cm³/mol. The zero-order valence-electron chi connectivity index (χ0n) is 12.8. The van der Waals surface area contributed by atoms with Crippen LogP contribution >= 0.6 is 15.9 Å². The molecular formula is C16H16BrF3N2O2. The molecule has 0 aromatic heterocycles. The summed E-state index contributed by atoms with van der Waals surface area (Å²) in [5.41, 5.74) is -3.02. The Bertz CT molecular complexity index is 707. The molecule has 1 aliphatic carbocycles. The number of amides is 1. The van der Waals surface area contributed by atoms with Gasteiger partial charge in [-0.25, -0.2) is 0 Å². The number of alkyl halides is 3. The first-order valence-electron chi connectivity index (χ1n) is 7.61. The number of carbonyl (C=O) groups excluding carboxylic acids is 1. The fourth-order valence-electron chi connectivity index (χ4n) is 3.36. The van der Waals surface area contributed by atoms with Crippen molar-refractivity contribution in [1.82, 2.24) is 5.01 Å². The van der Waals surface area contributed by atoms with E-state index in [1.54, 1.807) is 12.1 Å². The second-order valence-electron chi connectivity index (χ2n) is 6.37. The largest absolute Gasteiger partial charge is 0.439 e. The molecule has 0 bridgehead atoms. The van der Waals surface area contributed by atoms with Gasteiger partial charge in [-0.1, -0.05) is 28.9 Å². The Kier molecular flexibility index (Phi) is 4.24. The molecule has 3 rings (SSSR count). The van der Waals surface area contributed by atoms with Crippen LogP contribution in [0.5, 0.6) is 0 Å². The van der Waals surface area contributed by atoms with E-state index in [0.29, 0.717) is 17.3 Å². The van der Waals surface area contributed by atoms with Crippen LogP contribution in [0.15, 0.2) is 33.8 Å². The SMILES string of the molecule is C[C@@H]1CCC2=NN(C(=O)c3cccc(Br)c3)[C@@](O)(C(F)(F)F)[C@@H]2C1. The lowest BCUT2D eigenvalue weighted by atomic mass is 9.76. The van der Waals surface area contributed by atoms with Crippen LogP contribution in [-0.4, -0.2) is 33.6 Å². The van der Waals surface area contributed by atoms with Crippen molar-refractivity contribution in [3.05, 3.63) is 34.3 Å². The summed E-state index contributed by atoms with van der Waals surface area (Å²) in [5.74, 6) is -2.15. The number of benzene rings is 1. The van der Waals surface area contributed by atoms with Crippen LogP contribution < -0.4 is 0 Å². The quantitative estimate of drug-likeness (QED) is 0.770. The van der Waals surface area contributed by atoms with Gasteiger partial charge in [0.05, 0.1) is 5.92 Å². The van der Waals surface area contributed by atoms with E-state index in [-0.39, 0.29) is 28.6 Å². The zero-order valence-corrected chi connectivity index (χ0v) is 14.4. The number of aliphatic hydroxyl groups is 1. The average molecular weight is 405 g/mol. The standard InChI is InChI=1S/C16H16BrF3N2O2/c1-9-5-6-13-12(7-9)15(24,16(18,19)20)22(21-13)14(23)10-3-2-4-11(17)8-10/h2-4,8-9,12,24H,5-7H2,1H3/t9-,12-,15+/m1/s1. The summed E-state index contributed by atoms with van der Waals surface area (Å²) in [4.78, 5) is 12.6. The summed E-state index contributed by atoms with van der Waals surface area (Å²) in [5, 5.41) is 14.7. The number of nitrogens with zero attached hydrogens (tertiary/aromatic N) is 2. The first-order chi connectivity index (χ1) is 11.1. The summed E-state index contributed by atoms with van der Waals surface area (Å²) in [7, 11) is 0. The van der Waals surface area contributed by atoms with Crippen molar-refractivity contribution < 1.29 is 23.1 Å². The molecule has 1 aromatic carbocycles. The molecule has 2 aliphatic rings. The van der Waals surface area contributed by atoms with E-state index in [4.69, 9.17) is 0 Å². The van der Waals surface area contributed by atoms with Gasteiger partial charge in [-0.05, 0) is 43.4 Å². The highest BCUT2D eigenvalue weighted by Gasteiger charge is 2.68. The van der Waals surface area contributed by atoms with Crippen molar-refractivity contribution in [3.63, 3.8) is 0 Å². The normalized spacial score (nSPS) is 30.1. The smallest absolute Gasteiger partial charge is 0.362 e. The lowest BCUT2D eigenvalue weighted by molar-refractivity contribution is -0.313. The molecule has 8 heteroatoms. The van der Waals surface area contributed by atoms with Crippen LogP contribution in [0.4, 0.5) is 13.2 Å². The Morgan fingerprint density at radius 3 is 2.79 bits per heavy atom. The van der Waals surface area contributed by atoms with E-state index in [9.17, 15) is 23.1 Å². The van der Waals surface area contributed by atoms with Gasteiger partial charge in [-0.3, -0.25) is 4.79 Å². The Labute approximate surface area is 145 Å². The van der Waals surface area contributed by atoms with Gasteiger partial charge in [-0.15, -0.1) is 0 Å². The predicted octanol–water partition coefficient (Wildman–Crippen LogP) is 3.95. The summed E-state index contributed by atoms with van der Waals surface area (Å²) >= 11 is 3.18. The van der Waals surface area contributed by atoms with Crippen LogP contribution in [0, 0.1) is 11.8 Å². The van der Waals surface area contributed by atoms with Crippen molar-refractivity contribution in [3.8, 4) is 0 Å². The third-order valence-electron chi connectivity index (χ3n) is 4.65. The highest BCUT2D eigenvalue weighted by atomic mass is 79.9. The molecule has 1 N–H and O–H groups in total. The third kappa shape index (κ3) is 2.65. The van der Waals surface area contributed by atoms with E-state index in [0.717, 1.165) is 0 Å². The van der Waals surface area contributed by atoms with Crippen molar-refractivity contribution in [2.45, 2.75) is 38.1 Å². The molecule has 1 amide bonds. The first-order valence-corrected chi connectivity index (χ1v) is 8.40. The minimum atomic E-state index is -5.00. The maximum absolute atomic E-state index is 13.7. The summed E-state index contributed by atoms with van der Waals surface area (Å²) in [6.07, 6.45) is -3.80. The highest BCUT2D eigenvalue weighted by molar-refractivity contribution is 9.10. The van der Waals surface area contributed by atoms with Crippen molar-refractivity contribution >= 4 is 27.5 Å². The number of fused-ring (bicyclic) bond motifs is 1. The van der Waals surface area contributed by atoms with Gasteiger partial charge < -0.3 is 5.11 Å². The Morgan fingerprint density at radius 1 is 1.46 bits per heavy atom. The molecule has 1 aliphatic heterocycles. The highest BCUT2D eigenvalue weighted by Crippen LogP contribution is 2.49. The number of rotatable bonds is 1. The Balaban J connectivity index is 2.05. The molecule has 0 saturated heterocycles. The van der Waals surface area contributed by atoms with E-state index >= 15 is 0 Å². The molecule has 1 fully saturated rings. The lowest BCUT2D eigenvalue weighted by Crippen LogP contribution is -2.61. The topological polar surface area (TPSA) is 52.9 Å². The van der Waals surface area contributed by atoms with Crippen LogP contribution in [0.1, 0.15) is 36.5 Å². The van der Waals surface area contributed by atoms with Gasteiger partial charge in [0.25, 0.3) is 11.6 Å². The zero-order chi connectivity index (χ0) is 17.7.